The fourth-order valence-corrected chi connectivity index (χ4v) is 3.60. The van der Waals surface area contributed by atoms with Gasteiger partial charge in [0.1, 0.15) is 11.5 Å². The Labute approximate surface area is 182 Å². The molecule has 3 heterocycles. The first-order valence-electron chi connectivity index (χ1n) is 9.47. The van der Waals surface area contributed by atoms with E-state index in [1.165, 1.54) is 0 Å². The molecule has 0 bridgehead atoms. The van der Waals surface area contributed by atoms with Crippen LogP contribution < -0.4 is 5.73 Å². The van der Waals surface area contributed by atoms with Gasteiger partial charge in [-0.1, -0.05) is 49.3 Å². The third-order valence-electron chi connectivity index (χ3n) is 4.92. The van der Waals surface area contributed by atoms with Gasteiger partial charge in [-0.2, -0.15) is 4.98 Å². The van der Waals surface area contributed by atoms with Crippen LogP contribution in [0.25, 0.3) is 11.3 Å². The fourth-order valence-electron chi connectivity index (χ4n) is 3.60. The highest BCUT2D eigenvalue weighted by Crippen LogP contribution is 2.37. The van der Waals surface area contributed by atoms with Crippen molar-refractivity contribution in [3.8, 4) is 11.3 Å². The van der Waals surface area contributed by atoms with Crippen LogP contribution in [0.1, 0.15) is 62.0 Å². The molecule has 1 aromatic carbocycles. The van der Waals surface area contributed by atoms with Crippen LogP contribution in [0.4, 0.5) is 0 Å². The van der Waals surface area contributed by atoms with Crippen LogP contribution in [0.15, 0.2) is 39.3 Å². The third kappa shape index (κ3) is 4.98. The number of likely N-dealkylation sites (tertiary alicyclic amines) is 1. The Balaban J connectivity index is 0.00000150. The zero-order valence-corrected chi connectivity index (χ0v) is 18.2. The number of halogens is 2. The molecule has 1 unspecified atom stereocenters. The van der Waals surface area contributed by atoms with Crippen molar-refractivity contribution in [1.82, 2.24) is 20.0 Å². The van der Waals surface area contributed by atoms with Crippen molar-refractivity contribution in [2.75, 3.05) is 6.54 Å². The maximum Gasteiger partial charge on any atom is 0.240 e. The highest BCUT2D eigenvalue weighted by Gasteiger charge is 2.32. The molecular weight excluding hydrogens is 413 g/mol. The summed E-state index contributed by atoms with van der Waals surface area (Å²) in [6, 6.07) is 10.3. The van der Waals surface area contributed by atoms with Gasteiger partial charge in [-0.15, -0.1) is 24.8 Å². The van der Waals surface area contributed by atoms with E-state index < -0.39 is 0 Å². The van der Waals surface area contributed by atoms with Crippen molar-refractivity contribution >= 4 is 24.8 Å². The topological polar surface area (TPSA) is 94.2 Å². The Morgan fingerprint density at radius 1 is 1.17 bits per heavy atom. The summed E-state index contributed by atoms with van der Waals surface area (Å²) in [5, 5.41) is 4.02. The van der Waals surface area contributed by atoms with Crippen LogP contribution in [-0.4, -0.2) is 26.6 Å². The number of nitrogens with zero attached hydrogens (tertiary/aromatic N) is 4. The van der Waals surface area contributed by atoms with E-state index in [0.29, 0.717) is 18.3 Å². The van der Waals surface area contributed by atoms with E-state index in [9.17, 15) is 0 Å². The molecule has 0 amide bonds. The van der Waals surface area contributed by atoms with Crippen LogP contribution in [0.3, 0.4) is 0 Å². The number of nitrogens with two attached hydrogens (primary N) is 1. The van der Waals surface area contributed by atoms with Gasteiger partial charge >= 0.3 is 0 Å². The number of hydrogen-bond donors (Lipinski definition) is 1. The van der Waals surface area contributed by atoms with Crippen LogP contribution in [0, 0.1) is 0 Å². The molecule has 7 nitrogen and oxygen atoms in total. The normalized spacial score (nSPS) is 16.6. The summed E-state index contributed by atoms with van der Waals surface area (Å²) in [6.07, 6.45) is 2.10. The second kappa shape index (κ2) is 10.2. The van der Waals surface area contributed by atoms with Gasteiger partial charge in [0.15, 0.2) is 5.82 Å². The lowest BCUT2D eigenvalue weighted by Crippen LogP contribution is -2.23. The van der Waals surface area contributed by atoms with Crippen molar-refractivity contribution in [1.29, 1.82) is 0 Å². The molecule has 158 valence electrons. The monoisotopic (exact) mass is 439 g/mol. The van der Waals surface area contributed by atoms with E-state index in [-0.39, 0.29) is 43.3 Å². The van der Waals surface area contributed by atoms with Crippen molar-refractivity contribution in [2.45, 2.75) is 51.7 Å². The summed E-state index contributed by atoms with van der Waals surface area (Å²) in [4.78, 5) is 11.5. The van der Waals surface area contributed by atoms with Gasteiger partial charge in [-0.25, -0.2) is 4.98 Å². The highest BCUT2D eigenvalue weighted by atomic mass is 35.5. The molecule has 0 aliphatic carbocycles. The number of rotatable bonds is 6. The Morgan fingerprint density at radius 2 is 1.93 bits per heavy atom. The largest absolute Gasteiger partial charge is 0.443 e. The third-order valence-corrected chi connectivity index (χ3v) is 4.92. The molecule has 2 N–H and O–H groups in total. The van der Waals surface area contributed by atoms with E-state index >= 15 is 0 Å². The van der Waals surface area contributed by atoms with E-state index in [0.717, 1.165) is 42.3 Å². The molecule has 0 saturated carbocycles. The standard InChI is InChI=1S/C20H25N5O2.2ClH/c1-13(2)19-18(14-7-4-3-5-8-14)23-20(26-19)15-9-6-10-25(15)12-16-22-17(11-21)27-24-16;;/h3-5,7-8,13,15H,6,9-12,21H2,1-2H3;2*1H. The molecule has 3 aromatic rings. The van der Waals surface area contributed by atoms with Gasteiger partial charge < -0.3 is 14.7 Å². The zero-order chi connectivity index (χ0) is 18.8. The molecular formula is C20H27Cl2N5O2. The second-order valence-corrected chi connectivity index (χ2v) is 7.22. The summed E-state index contributed by atoms with van der Waals surface area (Å²) in [5.74, 6) is 3.10. The molecule has 1 aliphatic rings. The molecule has 29 heavy (non-hydrogen) atoms. The molecule has 0 radical (unpaired) electrons. The van der Waals surface area contributed by atoms with Gasteiger partial charge in [0.05, 0.1) is 19.1 Å². The summed E-state index contributed by atoms with van der Waals surface area (Å²) in [7, 11) is 0. The Kier molecular flexibility index (Phi) is 8.22. The molecule has 9 heteroatoms. The average molecular weight is 440 g/mol. The van der Waals surface area contributed by atoms with Gasteiger partial charge in [0.25, 0.3) is 0 Å². The number of oxazole rings is 1. The Morgan fingerprint density at radius 3 is 2.59 bits per heavy atom. The molecule has 2 aromatic heterocycles. The van der Waals surface area contributed by atoms with Crippen molar-refractivity contribution in [2.24, 2.45) is 5.73 Å². The predicted octanol–water partition coefficient (Wildman–Crippen LogP) is 4.49. The maximum atomic E-state index is 6.27. The molecule has 1 aliphatic heterocycles. The first-order valence-corrected chi connectivity index (χ1v) is 9.47. The van der Waals surface area contributed by atoms with Crippen molar-refractivity contribution in [3.63, 3.8) is 0 Å². The lowest BCUT2D eigenvalue weighted by Gasteiger charge is -2.19. The lowest BCUT2D eigenvalue weighted by atomic mass is 10.0. The first kappa shape index (κ1) is 23.3. The number of benzene rings is 1. The smallest absolute Gasteiger partial charge is 0.240 e. The van der Waals surface area contributed by atoms with E-state index in [1.54, 1.807) is 0 Å². The molecule has 4 rings (SSSR count). The SMILES string of the molecule is CC(C)c1oc(C2CCCN2Cc2noc(CN)n2)nc1-c1ccccc1.Cl.Cl. The zero-order valence-electron chi connectivity index (χ0n) is 16.6. The quantitative estimate of drug-likeness (QED) is 0.604. The number of aromatic nitrogens is 3. The minimum atomic E-state index is 0. The van der Waals surface area contributed by atoms with Crippen LogP contribution >= 0.6 is 24.8 Å². The van der Waals surface area contributed by atoms with Crippen LogP contribution in [0.2, 0.25) is 0 Å². The maximum absolute atomic E-state index is 6.27. The van der Waals surface area contributed by atoms with Crippen molar-refractivity contribution < 1.29 is 8.94 Å². The Bertz CT molecular complexity index is 897. The van der Waals surface area contributed by atoms with Gasteiger partial charge in [-0.05, 0) is 19.4 Å². The summed E-state index contributed by atoms with van der Waals surface area (Å²) in [6.45, 7) is 6.09. The summed E-state index contributed by atoms with van der Waals surface area (Å²) in [5.41, 5.74) is 7.59. The van der Waals surface area contributed by atoms with Gasteiger partial charge in [0.2, 0.25) is 11.8 Å². The van der Waals surface area contributed by atoms with Crippen LogP contribution in [0.5, 0.6) is 0 Å². The van der Waals surface area contributed by atoms with Gasteiger partial charge in [0, 0.05) is 11.5 Å². The molecule has 1 saturated heterocycles. The van der Waals surface area contributed by atoms with Gasteiger partial charge in [-0.3, -0.25) is 4.90 Å². The minimum Gasteiger partial charge on any atom is -0.443 e. The summed E-state index contributed by atoms with van der Waals surface area (Å²) < 4.78 is 11.4. The van der Waals surface area contributed by atoms with Crippen molar-refractivity contribution in [3.05, 3.63) is 53.7 Å². The molecule has 1 atom stereocenters. The predicted molar refractivity (Wildman–Crippen MR) is 115 cm³/mol. The molecule has 1 fully saturated rings. The van der Waals surface area contributed by atoms with Crippen LogP contribution in [-0.2, 0) is 13.1 Å². The van der Waals surface area contributed by atoms with E-state index in [2.05, 4.69) is 41.0 Å². The second-order valence-electron chi connectivity index (χ2n) is 7.22. The summed E-state index contributed by atoms with van der Waals surface area (Å²) >= 11 is 0. The Hall–Kier alpha value is -1.93. The minimum absolute atomic E-state index is 0. The highest BCUT2D eigenvalue weighted by molar-refractivity contribution is 5.85. The van der Waals surface area contributed by atoms with E-state index in [4.69, 9.17) is 19.7 Å². The number of hydrogen-bond acceptors (Lipinski definition) is 7. The first-order chi connectivity index (χ1) is 13.2. The van der Waals surface area contributed by atoms with E-state index in [1.807, 2.05) is 18.2 Å². The average Bonchev–Trinajstić information content (AvgIpc) is 3.41. The fraction of sp³-hybridized carbons (Fsp3) is 0.450. The molecule has 0 spiro atoms. The lowest BCUT2D eigenvalue weighted by molar-refractivity contribution is 0.204.